The van der Waals surface area contributed by atoms with Gasteiger partial charge in [0.25, 0.3) is 5.56 Å². The minimum Gasteiger partial charge on any atom is -0.368 e. The second kappa shape index (κ2) is 7.74. The smallest absolute Gasteiger partial charge is 0.278 e. The highest BCUT2D eigenvalue weighted by Crippen LogP contribution is 2.23. The van der Waals surface area contributed by atoms with E-state index in [1.54, 1.807) is 4.90 Å². The third kappa shape index (κ3) is 3.65. The fourth-order valence-electron chi connectivity index (χ4n) is 4.15. The molecule has 0 spiro atoms. The van der Waals surface area contributed by atoms with Crippen LogP contribution in [0.1, 0.15) is 5.56 Å². The predicted octanol–water partition coefficient (Wildman–Crippen LogP) is 3.19. The zero-order valence-electron chi connectivity index (χ0n) is 17.1. The number of hydrogen-bond donors (Lipinski definition) is 1. The molecule has 0 saturated carbocycles. The Morgan fingerprint density at radius 2 is 1.94 bits per heavy atom. The maximum Gasteiger partial charge on any atom is 0.278 e. The molecule has 158 valence electrons. The topological polar surface area (TPSA) is 74.2 Å². The third-order valence-electron chi connectivity index (χ3n) is 5.84. The SMILES string of the molecule is Cc1ccc2[nH]c3c(=O)n(CC(=O)N4CCN(c5cccc(Cl)c5)CC4)cnc3c2c1. The number of aromatic amines is 1. The van der Waals surface area contributed by atoms with Crippen LogP contribution in [0.25, 0.3) is 21.9 Å². The van der Waals surface area contributed by atoms with Crippen LogP contribution in [0.3, 0.4) is 0 Å². The van der Waals surface area contributed by atoms with Gasteiger partial charge in [-0.15, -0.1) is 0 Å². The molecule has 0 atom stereocenters. The first kappa shape index (κ1) is 19.6. The third-order valence-corrected chi connectivity index (χ3v) is 6.07. The number of nitrogens with zero attached hydrogens (tertiary/aromatic N) is 4. The molecule has 7 nitrogen and oxygen atoms in total. The molecule has 0 aliphatic carbocycles. The van der Waals surface area contributed by atoms with Gasteiger partial charge in [-0.05, 0) is 37.3 Å². The van der Waals surface area contributed by atoms with Gasteiger partial charge >= 0.3 is 0 Å². The number of nitrogens with one attached hydrogen (secondary N) is 1. The molecule has 31 heavy (non-hydrogen) atoms. The van der Waals surface area contributed by atoms with Gasteiger partial charge in [-0.2, -0.15) is 0 Å². The molecule has 1 aliphatic rings. The lowest BCUT2D eigenvalue weighted by molar-refractivity contribution is -0.132. The minimum absolute atomic E-state index is 0.0205. The Balaban J connectivity index is 1.32. The van der Waals surface area contributed by atoms with Crippen LogP contribution in [-0.4, -0.2) is 51.5 Å². The largest absolute Gasteiger partial charge is 0.368 e. The summed E-state index contributed by atoms with van der Waals surface area (Å²) in [4.78, 5) is 37.5. The molecule has 2 aromatic heterocycles. The molecule has 5 rings (SSSR count). The van der Waals surface area contributed by atoms with Crippen LogP contribution in [0, 0.1) is 6.92 Å². The number of halogens is 1. The number of amides is 1. The minimum atomic E-state index is -0.232. The molecule has 3 heterocycles. The van der Waals surface area contributed by atoms with Crippen LogP contribution in [0.15, 0.2) is 53.6 Å². The van der Waals surface area contributed by atoms with Gasteiger partial charge in [-0.25, -0.2) is 4.98 Å². The first-order valence-electron chi connectivity index (χ1n) is 10.3. The Kier molecular flexibility index (Phi) is 4.90. The van der Waals surface area contributed by atoms with E-state index in [9.17, 15) is 9.59 Å². The average molecular weight is 436 g/mol. The average Bonchev–Trinajstić information content (AvgIpc) is 3.14. The molecule has 0 unspecified atom stereocenters. The lowest BCUT2D eigenvalue weighted by atomic mass is 10.2. The highest BCUT2D eigenvalue weighted by molar-refractivity contribution is 6.30. The van der Waals surface area contributed by atoms with Gasteiger partial charge in [0.15, 0.2) is 0 Å². The zero-order chi connectivity index (χ0) is 21.5. The number of anilines is 1. The lowest BCUT2D eigenvalue weighted by Gasteiger charge is -2.36. The van der Waals surface area contributed by atoms with E-state index in [0.29, 0.717) is 29.1 Å². The maximum atomic E-state index is 13.0. The second-order valence-corrected chi connectivity index (χ2v) is 8.36. The van der Waals surface area contributed by atoms with Crippen LogP contribution in [0.5, 0.6) is 0 Å². The quantitative estimate of drug-likeness (QED) is 0.536. The van der Waals surface area contributed by atoms with Crippen molar-refractivity contribution in [2.75, 3.05) is 31.1 Å². The van der Waals surface area contributed by atoms with E-state index < -0.39 is 0 Å². The molecule has 1 saturated heterocycles. The van der Waals surface area contributed by atoms with Crippen molar-refractivity contribution in [2.45, 2.75) is 13.5 Å². The van der Waals surface area contributed by atoms with E-state index in [0.717, 1.165) is 35.2 Å². The van der Waals surface area contributed by atoms with Crippen molar-refractivity contribution in [1.82, 2.24) is 19.4 Å². The van der Waals surface area contributed by atoms with E-state index >= 15 is 0 Å². The summed E-state index contributed by atoms with van der Waals surface area (Å²) in [5, 5.41) is 1.62. The monoisotopic (exact) mass is 435 g/mol. The van der Waals surface area contributed by atoms with Gasteiger partial charge in [-0.1, -0.05) is 29.3 Å². The molecular weight excluding hydrogens is 414 g/mol. The summed E-state index contributed by atoms with van der Waals surface area (Å²) in [5.74, 6) is -0.0825. The predicted molar refractivity (Wildman–Crippen MR) is 123 cm³/mol. The van der Waals surface area contributed by atoms with Gasteiger partial charge in [0.2, 0.25) is 5.91 Å². The highest BCUT2D eigenvalue weighted by atomic mass is 35.5. The Morgan fingerprint density at radius 1 is 1.13 bits per heavy atom. The van der Waals surface area contributed by atoms with Crippen molar-refractivity contribution in [3.63, 3.8) is 0 Å². The number of hydrogen-bond acceptors (Lipinski definition) is 4. The molecule has 4 aromatic rings. The van der Waals surface area contributed by atoms with E-state index in [1.165, 1.54) is 10.9 Å². The molecule has 1 N–H and O–H groups in total. The van der Waals surface area contributed by atoms with Crippen LogP contribution >= 0.6 is 11.6 Å². The second-order valence-electron chi connectivity index (χ2n) is 7.92. The molecule has 2 aromatic carbocycles. The maximum absolute atomic E-state index is 13.0. The van der Waals surface area contributed by atoms with Crippen LogP contribution in [0.2, 0.25) is 5.02 Å². The van der Waals surface area contributed by atoms with Crippen molar-refractivity contribution < 1.29 is 4.79 Å². The first-order valence-corrected chi connectivity index (χ1v) is 10.6. The summed E-state index contributed by atoms with van der Waals surface area (Å²) in [5.41, 5.74) is 3.87. The van der Waals surface area contributed by atoms with Crippen molar-refractivity contribution in [1.29, 1.82) is 0 Å². The van der Waals surface area contributed by atoms with Gasteiger partial charge in [0, 0.05) is 47.8 Å². The summed E-state index contributed by atoms with van der Waals surface area (Å²) in [6.45, 7) is 4.62. The number of piperazine rings is 1. The van der Waals surface area contributed by atoms with E-state index in [1.807, 2.05) is 49.4 Å². The Bertz CT molecular complexity index is 1350. The molecule has 0 bridgehead atoms. The van der Waals surface area contributed by atoms with Gasteiger partial charge < -0.3 is 14.8 Å². The Hall–Kier alpha value is -3.32. The van der Waals surface area contributed by atoms with Crippen molar-refractivity contribution in [2.24, 2.45) is 0 Å². The molecular formula is C23H22ClN5O2. The van der Waals surface area contributed by atoms with Crippen LogP contribution in [0.4, 0.5) is 5.69 Å². The van der Waals surface area contributed by atoms with Gasteiger partial charge in [0.05, 0.1) is 6.33 Å². The van der Waals surface area contributed by atoms with E-state index in [2.05, 4.69) is 14.9 Å². The summed E-state index contributed by atoms with van der Waals surface area (Å²) in [6, 6.07) is 13.7. The van der Waals surface area contributed by atoms with Crippen LogP contribution in [-0.2, 0) is 11.3 Å². The lowest BCUT2D eigenvalue weighted by Crippen LogP contribution is -2.50. The number of fused-ring (bicyclic) bond motifs is 3. The summed E-state index contributed by atoms with van der Waals surface area (Å²) in [6.07, 6.45) is 1.47. The number of rotatable bonds is 3. The van der Waals surface area contributed by atoms with E-state index in [-0.39, 0.29) is 18.0 Å². The molecule has 1 aliphatic heterocycles. The number of H-pyrrole nitrogens is 1. The normalized spacial score (nSPS) is 14.5. The van der Waals surface area contributed by atoms with Gasteiger partial charge in [0.1, 0.15) is 17.6 Å². The van der Waals surface area contributed by atoms with Crippen molar-refractivity contribution >= 4 is 45.1 Å². The van der Waals surface area contributed by atoms with E-state index in [4.69, 9.17) is 11.6 Å². The molecule has 1 amide bonds. The standard InChI is InChI=1S/C23H22ClN5O2/c1-15-5-6-19-18(11-15)21-22(26-19)23(31)29(14-25-21)13-20(30)28-9-7-27(8-10-28)17-4-2-3-16(24)12-17/h2-6,11-12,14,26H,7-10,13H2,1H3. The number of aromatic nitrogens is 3. The zero-order valence-corrected chi connectivity index (χ0v) is 17.9. The Labute approximate surface area is 183 Å². The summed E-state index contributed by atoms with van der Waals surface area (Å²) in [7, 11) is 0. The van der Waals surface area contributed by atoms with Crippen molar-refractivity contribution in [3.8, 4) is 0 Å². The first-order chi connectivity index (χ1) is 15.0. The van der Waals surface area contributed by atoms with Crippen molar-refractivity contribution in [3.05, 3.63) is 69.7 Å². The number of benzene rings is 2. The highest BCUT2D eigenvalue weighted by Gasteiger charge is 2.22. The molecule has 0 radical (unpaired) electrons. The van der Waals surface area contributed by atoms with Gasteiger partial charge in [-0.3, -0.25) is 14.2 Å². The fraction of sp³-hybridized carbons (Fsp3) is 0.261. The number of aryl methyl sites for hydroxylation is 1. The van der Waals surface area contributed by atoms with Crippen LogP contribution < -0.4 is 10.5 Å². The number of carbonyl (C=O) groups excluding carboxylic acids is 1. The molecule has 1 fully saturated rings. The summed E-state index contributed by atoms with van der Waals surface area (Å²) < 4.78 is 1.39. The summed E-state index contributed by atoms with van der Waals surface area (Å²) >= 11 is 6.09. The number of carbonyl (C=O) groups is 1. The molecule has 8 heteroatoms. The fourth-order valence-corrected chi connectivity index (χ4v) is 4.33. The Morgan fingerprint density at radius 3 is 2.71 bits per heavy atom.